The fourth-order valence-corrected chi connectivity index (χ4v) is 3.67. The van der Waals surface area contributed by atoms with E-state index in [0.29, 0.717) is 5.69 Å². The quantitative estimate of drug-likeness (QED) is 0.738. The molecule has 1 aliphatic carbocycles. The number of aryl methyl sites for hydroxylation is 1. The minimum absolute atomic E-state index is 0.115. The van der Waals surface area contributed by atoms with Crippen LogP contribution in [0.25, 0.3) is 0 Å². The van der Waals surface area contributed by atoms with E-state index in [2.05, 4.69) is 10.1 Å². The molecule has 0 saturated heterocycles. The van der Waals surface area contributed by atoms with Crippen LogP contribution in [0.3, 0.4) is 0 Å². The maximum absolute atomic E-state index is 13.2. The lowest BCUT2D eigenvalue weighted by molar-refractivity contribution is -0.274. The Kier molecular flexibility index (Phi) is 5.44. The lowest BCUT2D eigenvalue weighted by Crippen LogP contribution is -2.42. The molecule has 0 radical (unpaired) electrons. The van der Waals surface area contributed by atoms with Gasteiger partial charge in [-0.3, -0.25) is 4.79 Å². The summed E-state index contributed by atoms with van der Waals surface area (Å²) in [5.41, 5.74) is 1.96. The van der Waals surface area contributed by atoms with E-state index < -0.39 is 11.8 Å². The maximum atomic E-state index is 13.2. The predicted octanol–water partition coefficient (Wildman–Crippen LogP) is 5.73. The van der Waals surface area contributed by atoms with Gasteiger partial charge in [-0.05, 0) is 49.6 Å². The number of benzene rings is 2. The minimum atomic E-state index is -4.73. The summed E-state index contributed by atoms with van der Waals surface area (Å²) in [6.07, 6.45) is -0.166. The molecule has 3 nitrogen and oxygen atoms in total. The van der Waals surface area contributed by atoms with Gasteiger partial charge in [0.05, 0.1) is 5.41 Å². The molecule has 1 N–H and O–H groups in total. The summed E-state index contributed by atoms with van der Waals surface area (Å²) in [4.78, 5) is 13.2. The molecule has 1 fully saturated rings. The van der Waals surface area contributed by atoms with Crippen LogP contribution in [-0.2, 0) is 10.2 Å². The molecule has 144 valence electrons. The number of carbonyl (C=O) groups is 1. The molecule has 0 unspecified atom stereocenters. The number of ether oxygens (including phenoxy) is 1. The van der Waals surface area contributed by atoms with Crippen LogP contribution in [0.5, 0.6) is 5.75 Å². The van der Waals surface area contributed by atoms with Crippen LogP contribution in [-0.4, -0.2) is 12.3 Å². The summed E-state index contributed by atoms with van der Waals surface area (Å²) >= 11 is 0. The van der Waals surface area contributed by atoms with Gasteiger partial charge < -0.3 is 10.1 Å². The van der Waals surface area contributed by atoms with E-state index in [4.69, 9.17) is 0 Å². The molecular weight excluding hydrogens is 355 g/mol. The fourth-order valence-electron chi connectivity index (χ4n) is 3.67. The Labute approximate surface area is 156 Å². The van der Waals surface area contributed by atoms with Crippen molar-refractivity contribution < 1.29 is 22.7 Å². The number of rotatable bonds is 4. The highest BCUT2D eigenvalue weighted by Gasteiger charge is 2.41. The highest BCUT2D eigenvalue weighted by Crippen LogP contribution is 2.40. The Bertz CT molecular complexity index is 777. The second-order valence-electron chi connectivity index (χ2n) is 7.04. The van der Waals surface area contributed by atoms with Gasteiger partial charge in [0.2, 0.25) is 5.91 Å². The molecule has 3 rings (SSSR count). The molecule has 1 amide bonds. The summed E-state index contributed by atoms with van der Waals surface area (Å²) in [5.74, 6) is -0.429. The van der Waals surface area contributed by atoms with E-state index in [0.717, 1.165) is 43.2 Å². The number of hydrogen-bond acceptors (Lipinski definition) is 2. The highest BCUT2D eigenvalue weighted by atomic mass is 19.4. The molecule has 0 aromatic heterocycles. The summed E-state index contributed by atoms with van der Waals surface area (Å²) in [5, 5.41) is 2.88. The van der Waals surface area contributed by atoms with Crippen LogP contribution < -0.4 is 10.1 Å². The SMILES string of the molecule is Cc1ccc(C2(C(=O)Nc3ccc(OC(F)(F)F)cc3)CCCCC2)cc1. The van der Waals surface area contributed by atoms with Gasteiger partial charge in [0.25, 0.3) is 0 Å². The molecule has 0 heterocycles. The van der Waals surface area contributed by atoms with Crippen molar-refractivity contribution in [2.75, 3.05) is 5.32 Å². The van der Waals surface area contributed by atoms with Gasteiger partial charge in [-0.15, -0.1) is 13.2 Å². The first-order valence-electron chi connectivity index (χ1n) is 9.03. The van der Waals surface area contributed by atoms with Crippen LogP contribution in [0.4, 0.5) is 18.9 Å². The maximum Gasteiger partial charge on any atom is 0.573 e. The Morgan fingerprint density at radius 2 is 1.56 bits per heavy atom. The van der Waals surface area contributed by atoms with Crippen molar-refractivity contribution >= 4 is 11.6 Å². The van der Waals surface area contributed by atoms with Crippen LogP contribution in [0.15, 0.2) is 48.5 Å². The van der Waals surface area contributed by atoms with E-state index in [1.807, 2.05) is 31.2 Å². The van der Waals surface area contributed by atoms with Crippen LogP contribution in [0.2, 0.25) is 0 Å². The van der Waals surface area contributed by atoms with Crippen molar-refractivity contribution in [1.82, 2.24) is 0 Å². The van der Waals surface area contributed by atoms with Crippen LogP contribution >= 0.6 is 0 Å². The number of amides is 1. The third-order valence-electron chi connectivity index (χ3n) is 5.09. The number of carbonyl (C=O) groups excluding carboxylic acids is 1. The molecular formula is C21H22F3NO2. The normalized spacial score (nSPS) is 16.6. The van der Waals surface area contributed by atoms with Gasteiger partial charge >= 0.3 is 6.36 Å². The summed E-state index contributed by atoms with van der Waals surface area (Å²) in [6.45, 7) is 2.00. The molecule has 6 heteroatoms. The second-order valence-corrected chi connectivity index (χ2v) is 7.04. The third-order valence-corrected chi connectivity index (χ3v) is 5.09. The van der Waals surface area contributed by atoms with E-state index >= 15 is 0 Å². The molecule has 2 aromatic carbocycles. The minimum Gasteiger partial charge on any atom is -0.406 e. The predicted molar refractivity (Wildman–Crippen MR) is 97.7 cm³/mol. The monoisotopic (exact) mass is 377 g/mol. The smallest absolute Gasteiger partial charge is 0.406 e. The van der Waals surface area contributed by atoms with E-state index in [9.17, 15) is 18.0 Å². The molecule has 0 spiro atoms. The first kappa shape index (κ1) is 19.3. The van der Waals surface area contributed by atoms with Crippen LogP contribution in [0.1, 0.15) is 43.2 Å². The summed E-state index contributed by atoms with van der Waals surface area (Å²) < 4.78 is 40.7. The fraction of sp³-hybridized carbons (Fsp3) is 0.381. The first-order chi connectivity index (χ1) is 12.8. The number of anilines is 1. The third kappa shape index (κ3) is 4.62. The average molecular weight is 377 g/mol. The standard InChI is InChI=1S/C21H22F3NO2/c1-15-5-7-16(8-6-15)20(13-3-2-4-14-20)19(26)25-17-9-11-18(12-10-17)27-21(22,23)24/h5-12H,2-4,13-14H2,1H3,(H,25,26). The Morgan fingerprint density at radius 1 is 0.963 bits per heavy atom. The van der Waals surface area contributed by atoms with Crippen molar-refractivity contribution in [3.05, 3.63) is 59.7 Å². The molecule has 2 aromatic rings. The lowest BCUT2D eigenvalue weighted by atomic mass is 9.68. The largest absolute Gasteiger partial charge is 0.573 e. The van der Waals surface area contributed by atoms with Crippen LogP contribution in [0, 0.1) is 6.92 Å². The van der Waals surface area contributed by atoms with Gasteiger partial charge in [-0.1, -0.05) is 49.1 Å². The molecule has 1 saturated carbocycles. The Morgan fingerprint density at radius 3 is 2.11 bits per heavy atom. The zero-order valence-electron chi connectivity index (χ0n) is 15.1. The van der Waals surface area contributed by atoms with Gasteiger partial charge in [-0.25, -0.2) is 0 Å². The van der Waals surface area contributed by atoms with E-state index in [1.165, 1.54) is 24.3 Å². The van der Waals surface area contributed by atoms with Crippen molar-refractivity contribution in [2.45, 2.75) is 50.8 Å². The molecule has 0 atom stereocenters. The lowest BCUT2D eigenvalue weighted by Gasteiger charge is -2.36. The molecule has 27 heavy (non-hydrogen) atoms. The Balaban J connectivity index is 1.80. The van der Waals surface area contributed by atoms with Gasteiger partial charge in [0.15, 0.2) is 0 Å². The first-order valence-corrected chi connectivity index (χ1v) is 9.03. The zero-order chi connectivity index (χ0) is 19.5. The molecule has 0 aliphatic heterocycles. The summed E-state index contributed by atoms with van der Waals surface area (Å²) in [7, 11) is 0. The van der Waals surface area contributed by atoms with Gasteiger partial charge in [0.1, 0.15) is 5.75 Å². The molecule has 0 bridgehead atoms. The zero-order valence-corrected chi connectivity index (χ0v) is 15.1. The number of nitrogens with one attached hydrogen (secondary N) is 1. The van der Waals surface area contributed by atoms with E-state index in [1.54, 1.807) is 0 Å². The van der Waals surface area contributed by atoms with E-state index in [-0.39, 0.29) is 11.7 Å². The topological polar surface area (TPSA) is 38.3 Å². The van der Waals surface area contributed by atoms with Crippen molar-refractivity contribution in [3.63, 3.8) is 0 Å². The second kappa shape index (κ2) is 7.62. The number of alkyl halides is 3. The molecule has 1 aliphatic rings. The summed E-state index contributed by atoms with van der Waals surface area (Å²) in [6, 6.07) is 13.2. The van der Waals surface area contributed by atoms with Crippen molar-refractivity contribution in [2.24, 2.45) is 0 Å². The highest BCUT2D eigenvalue weighted by molar-refractivity contribution is 5.99. The number of halogens is 3. The average Bonchev–Trinajstić information content (AvgIpc) is 2.63. The van der Waals surface area contributed by atoms with Crippen molar-refractivity contribution in [3.8, 4) is 5.75 Å². The number of hydrogen-bond donors (Lipinski definition) is 1. The van der Waals surface area contributed by atoms with Gasteiger partial charge in [-0.2, -0.15) is 0 Å². The Hall–Kier alpha value is -2.50. The van der Waals surface area contributed by atoms with Crippen molar-refractivity contribution in [1.29, 1.82) is 0 Å². The van der Waals surface area contributed by atoms with Gasteiger partial charge in [0, 0.05) is 5.69 Å².